The third-order valence-electron chi connectivity index (χ3n) is 2.24. The van der Waals surface area contributed by atoms with Gasteiger partial charge in [-0.15, -0.1) is 0 Å². The summed E-state index contributed by atoms with van der Waals surface area (Å²) in [6.45, 7) is 0. The third-order valence-corrected chi connectivity index (χ3v) is 2.24. The molecule has 0 spiro atoms. The SMILES string of the molecule is CNC(=O)NC(=O)[C@@H]([NH2+]C)c1ccccc1. The van der Waals surface area contributed by atoms with Gasteiger partial charge in [0.05, 0.1) is 7.05 Å². The van der Waals surface area contributed by atoms with Gasteiger partial charge in [-0.3, -0.25) is 10.1 Å². The topological polar surface area (TPSA) is 74.8 Å². The van der Waals surface area contributed by atoms with E-state index in [1.165, 1.54) is 7.05 Å². The van der Waals surface area contributed by atoms with Crippen molar-refractivity contribution in [1.29, 1.82) is 0 Å². The highest BCUT2D eigenvalue weighted by atomic mass is 16.2. The van der Waals surface area contributed by atoms with Crippen molar-refractivity contribution < 1.29 is 14.9 Å². The molecule has 1 rings (SSSR count). The van der Waals surface area contributed by atoms with E-state index in [0.29, 0.717) is 0 Å². The predicted octanol–water partition coefficient (Wildman–Crippen LogP) is -0.623. The van der Waals surface area contributed by atoms with Crippen LogP contribution in [0.3, 0.4) is 0 Å². The maximum absolute atomic E-state index is 11.7. The molecule has 0 heterocycles. The molecule has 5 nitrogen and oxygen atoms in total. The summed E-state index contributed by atoms with van der Waals surface area (Å²) in [4.78, 5) is 22.8. The number of nitrogens with one attached hydrogen (secondary N) is 2. The van der Waals surface area contributed by atoms with Crippen LogP contribution in [0.15, 0.2) is 30.3 Å². The van der Waals surface area contributed by atoms with E-state index in [2.05, 4.69) is 10.6 Å². The molecule has 0 aliphatic carbocycles. The average molecular weight is 222 g/mol. The molecule has 0 unspecified atom stereocenters. The van der Waals surface area contributed by atoms with Gasteiger partial charge in [-0.25, -0.2) is 4.79 Å². The third kappa shape index (κ3) is 3.06. The first-order chi connectivity index (χ1) is 7.69. The van der Waals surface area contributed by atoms with Crippen LogP contribution in [0, 0.1) is 0 Å². The van der Waals surface area contributed by atoms with E-state index in [1.807, 2.05) is 30.3 Å². The molecule has 1 atom stereocenters. The van der Waals surface area contributed by atoms with Crippen LogP contribution in [0.1, 0.15) is 11.6 Å². The van der Waals surface area contributed by atoms with E-state index in [4.69, 9.17) is 0 Å². The van der Waals surface area contributed by atoms with E-state index in [0.717, 1.165) is 5.56 Å². The molecule has 4 N–H and O–H groups in total. The summed E-state index contributed by atoms with van der Waals surface area (Å²) in [6, 6.07) is 8.42. The number of imide groups is 1. The second-order valence-electron chi connectivity index (χ2n) is 3.29. The lowest BCUT2D eigenvalue weighted by atomic mass is 10.1. The summed E-state index contributed by atoms with van der Waals surface area (Å²) in [7, 11) is 3.26. The van der Waals surface area contributed by atoms with E-state index < -0.39 is 12.1 Å². The number of nitrogens with two attached hydrogens (primary N) is 1. The molecule has 1 aromatic carbocycles. The number of urea groups is 1. The fourth-order valence-corrected chi connectivity index (χ4v) is 1.41. The molecule has 3 amide bonds. The fourth-order valence-electron chi connectivity index (χ4n) is 1.41. The molecule has 0 saturated heterocycles. The van der Waals surface area contributed by atoms with Crippen molar-refractivity contribution in [2.24, 2.45) is 0 Å². The lowest BCUT2D eigenvalue weighted by molar-refractivity contribution is -0.656. The molecule has 0 saturated carbocycles. The van der Waals surface area contributed by atoms with Crippen molar-refractivity contribution in [2.75, 3.05) is 14.1 Å². The van der Waals surface area contributed by atoms with Crippen molar-refractivity contribution in [1.82, 2.24) is 10.6 Å². The molecule has 5 heteroatoms. The number of carbonyl (C=O) groups is 2. The number of benzene rings is 1. The molecule has 0 aromatic heterocycles. The van der Waals surface area contributed by atoms with E-state index in [-0.39, 0.29) is 5.91 Å². The Morgan fingerprint density at radius 3 is 2.38 bits per heavy atom. The smallest absolute Gasteiger partial charge is 0.321 e. The Labute approximate surface area is 94.2 Å². The number of hydrogen-bond donors (Lipinski definition) is 3. The zero-order chi connectivity index (χ0) is 12.0. The zero-order valence-corrected chi connectivity index (χ0v) is 9.36. The number of amides is 3. The standard InChI is InChI=1S/C11H15N3O2/c1-12-9(8-6-4-3-5-7-8)10(15)14-11(16)13-2/h3-7,9,12H,1-2H3,(H2,13,14,15,16)/p+1/t9-/m0/s1. The second kappa shape index (κ2) is 5.87. The van der Waals surface area contributed by atoms with E-state index >= 15 is 0 Å². The zero-order valence-electron chi connectivity index (χ0n) is 9.36. The molecule has 0 radical (unpaired) electrons. The van der Waals surface area contributed by atoms with Crippen LogP contribution in [0.5, 0.6) is 0 Å². The van der Waals surface area contributed by atoms with Crippen molar-refractivity contribution >= 4 is 11.9 Å². The van der Waals surface area contributed by atoms with Gasteiger partial charge in [0.25, 0.3) is 5.91 Å². The molecule has 0 bridgehead atoms. The minimum absolute atomic E-state index is 0.326. The quantitative estimate of drug-likeness (QED) is 0.637. The van der Waals surface area contributed by atoms with Crippen molar-refractivity contribution in [3.8, 4) is 0 Å². The van der Waals surface area contributed by atoms with Crippen LogP contribution in [0.2, 0.25) is 0 Å². The largest absolute Gasteiger partial charge is 0.341 e. The fraction of sp³-hybridized carbons (Fsp3) is 0.273. The van der Waals surface area contributed by atoms with Gasteiger partial charge in [0.15, 0.2) is 6.04 Å². The number of carbonyl (C=O) groups excluding carboxylic acids is 2. The first kappa shape index (κ1) is 12.2. The van der Waals surface area contributed by atoms with Gasteiger partial charge in [-0.2, -0.15) is 0 Å². The van der Waals surface area contributed by atoms with Gasteiger partial charge in [0.2, 0.25) is 0 Å². The first-order valence-electron chi connectivity index (χ1n) is 5.06. The molecule has 86 valence electrons. The first-order valence-corrected chi connectivity index (χ1v) is 5.06. The van der Waals surface area contributed by atoms with Gasteiger partial charge in [-0.05, 0) is 0 Å². The molecule has 0 aliphatic rings. The van der Waals surface area contributed by atoms with Gasteiger partial charge in [0, 0.05) is 12.6 Å². The Kier molecular flexibility index (Phi) is 4.47. The van der Waals surface area contributed by atoms with Crippen molar-refractivity contribution in [3.63, 3.8) is 0 Å². The van der Waals surface area contributed by atoms with Crippen LogP contribution in [-0.2, 0) is 4.79 Å². The summed E-state index contributed by atoms with van der Waals surface area (Å²) in [5, 5.41) is 6.36. The van der Waals surface area contributed by atoms with E-state index in [1.54, 1.807) is 12.4 Å². The maximum Gasteiger partial charge on any atom is 0.321 e. The van der Waals surface area contributed by atoms with Crippen LogP contribution in [-0.4, -0.2) is 26.0 Å². The minimum Gasteiger partial charge on any atom is -0.341 e. The van der Waals surface area contributed by atoms with Gasteiger partial charge in [-0.1, -0.05) is 30.3 Å². The molecule has 0 fully saturated rings. The van der Waals surface area contributed by atoms with Crippen molar-refractivity contribution in [2.45, 2.75) is 6.04 Å². The van der Waals surface area contributed by atoms with Crippen LogP contribution >= 0.6 is 0 Å². The lowest BCUT2D eigenvalue weighted by Crippen LogP contribution is -2.84. The van der Waals surface area contributed by atoms with Crippen LogP contribution < -0.4 is 16.0 Å². The lowest BCUT2D eigenvalue weighted by Gasteiger charge is -2.12. The second-order valence-corrected chi connectivity index (χ2v) is 3.29. The summed E-state index contributed by atoms with van der Waals surface area (Å²) >= 11 is 0. The molecular formula is C11H16N3O2+. The molecular weight excluding hydrogens is 206 g/mol. The molecule has 1 aromatic rings. The summed E-state index contributed by atoms with van der Waals surface area (Å²) in [6.07, 6.45) is 0. The van der Waals surface area contributed by atoms with Crippen LogP contribution in [0.4, 0.5) is 4.79 Å². The Bertz CT molecular complexity index is 365. The predicted molar refractivity (Wildman–Crippen MR) is 59.6 cm³/mol. The van der Waals surface area contributed by atoms with Gasteiger partial charge >= 0.3 is 6.03 Å². The maximum atomic E-state index is 11.7. The minimum atomic E-state index is -0.493. The van der Waals surface area contributed by atoms with Crippen LogP contribution in [0.25, 0.3) is 0 Å². The van der Waals surface area contributed by atoms with E-state index in [9.17, 15) is 9.59 Å². The number of rotatable bonds is 3. The summed E-state index contributed by atoms with van der Waals surface area (Å²) in [5.74, 6) is -0.326. The molecule has 16 heavy (non-hydrogen) atoms. The average Bonchev–Trinajstić information content (AvgIpc) is 2.31. The van der Waals surface area contributed by atoms with Gasteiger partial charge < -0.3 is 10.6 Å². The number of likely N-dealkylation sites (N-methyl/N-ethyl adjacent to an activating group) is 1. The normalized spacial score (nSPS) is 11.6. The Morgan fingerprint density at radius 1 is 1.25 bits per heavy atom. The van der Waals surface area contributed by atoms with Gasteiger partial charge in [0.1, 0.15) is 0 Å². The number of hydrogen-bond acceptors (Lipinski definition) is 2. The van der Waals surface area contributed by atoms with Crippen molar-refractivity contribution in [3.05, 3.63) is 35.9 Å². The Hall–Kier alpha value is -1.88. The Balaban J connectivity index is 2.75. The summed E-state index contributed by atoms with van der Waals surface area (Å²) in [5.41, 5.74) is 0.867. The number of quaternary nitrogens is 1. The summed E-state index contributed by atoms with van der Waals surface area (Å²) < 4.78 is 0. The molecule has 0 aliphatic heterocycles. The highest BCUT2D eigenvalue weighted by Crippen LogP contribution is 2.07. The Morgan fingerprint density at radius 2 is 1.88 bits per heavy atom. The highest BCUT2D eigenvalue weighted by Gasteiger charge is 2.23. The highest BCUT2D eigenvalue weighted by molar-refractivity contribution is 5.96. The monoisotopic (exact) mass is 222 g/mol.